The van der Waals surface area contributed by atoms with E-state index < -0.39 is 0 Å². The summed E-state index contributed by atoms with van der Waals surface area (Å²) in [4.78, 5) is 20.7. The first-order valence-corrected chi connectivity index (χ1v) is 11.5. The number of rotatable bonds is 7. The predicted octanol–water partition coefficient (Wildman–Crippen LogP) is 3.44. The van der Waals surface area contributed by atoms with Crippen molar-refractivity contribution in [2.24, 2.45) is 4.99 Å². The molecule has 1 amide bonds. The van der Waals surface area contributed by atoms with Crippen molar-refractivity contribution in [1.29, 1.82) is 0 Å². The molecule has 0 radical (unpaired) electrons. The molecule has 1 aliphatic heterocycles. The van der Waals surface area contributed by atoms with Crippen molar-refractivity contribution in [2.45, 2.75) is 31.8 Å². The lowest BCUT2D eigenvalue weighted by atomic mass is 10.0. The van der Waals surface area contributed by atoms with Crippen LogP contribution in [0, 0.1) is 0 Å². The molecule has 1 fully saturated rings. The van der Waals surface area contributed by atoms with E-state index in [2.05, 4.69) is 43.4 Å². The van der Waals surface area contributed by atoms with Gasteiger partial charge in [0.2, 0.25) is 0 Å². The first kappa shape index (κ1) is 25.6. The highest BCUT2D eigenvalue weighted by Gasteiger charge is 2.20. The van der Waals surface area contributed by atoms with Crippen LogP contribution in [0.3, 0.4) is 0 Å². The number of benzene rings is 1. The minimum atomic E-state index is 0. The number of likely N-dealkylation sites (tertiary alicyclic amines) is 1. The Morgan fingerprint density at radius 2 is 2.00 bits per heavy atom. The maximum Gasteiger partial charge on any atom is 0.253 e. The predicted molar refractivity (Wildman–Crippen MR) is 141 cm³/mol. The van der Waals surface area contributed by atoms with Gasteiger partial charge in [-0.05, 0) is 59.3 Å². The molecule has 6 nitrogen and oxygen atoms in total. The monoisotopic (exact) mass is 555 g/mol. The summed E-state index contributed by atoms with van der Waals surface area (Å²) in [5, 5.41) is 11.4. The average molecular weight is 556 g/mol. The van der Waals surface area contributed by atoms with Crippen LogP contribution in [-0.2, 0) is 13.0 Å². The van der Waals surface area contributed by atoms with E-state index in [9.17, 15) is 4.79 Å². The number of carbonyl (C=O) groups excluding carboxylic acids is 1. The van der Waals surface area contributed by atoms with Crippen molar-refractivity contribution >= 4 is 47.2 Å². The van der Waals surface area contributed by atoms with E-state index in [-0.39, 0.29) is 29.9 Å². The lowest BCUT2D eigenvalue weighted by Crippen LogP contribution is -2.48. The van der Waals surface area contributed by atoms with Crippen LogP contribution in [-0.4, -0.2) is 68.5 Å². The fourth-order valence-electron chi connectivity index (χ4n) is 3.71. The highest BCUT2D eigenvalue weighted by Crippen LogP contribution is 2.15. The summed E-state index contributed by atoms with van der Waals surface area (Å²) in [7, 11) is 5.37. The summed E-state index contributed by atoms with van der Waals surface area (Å²) >= 11 is 1.77. The number of carbonyl (C=O) groups is 1. The van der Waals surface area contributed by atoms with Crippen molar-refractivity contribution in [1.82, 2.24) is 20.4 Å². The summed E-state index contributed by atoms with van der Waals surface area (Å²) in [5.41, 5.74) is 3.29. The van der Waals surface area contributed by atoms with Gasteiger partial charge in [0.15, 0.2) is 5.96 Å². The third kappa shape index (κ3) is 8.08. The molecule has 0 spiro atoms. The second-order valence-electron chi connectivity index (χ2n) is 7.98. The molecule has 31 heavy (non-hydrogen) atoms. The number of halogens is 1. The number of thiophene rings is 1. The van der Waals surface area contributed by atoms with Crippen molar-refractivity contribution in [3.05, 3.63) is 57.8 Å². The Kier molecular flexibility index (Phi) is 10.8. The van der Waals surface area contributed by atoms with Gasteiger partial charge in [-0.2, -0.15) is 11.3 Å². The largest absolute Gasteiger partial charge is 0.356 e. The van der Waals surface area contributed by atoms with Crippen molar-refractivity contribution in [2.75, 3.05) is 40.8 Å². The fourth-order valence-corrected chi connectivity index (χ4v) is 4.37. The van der Waals surface area contributed by atoms with Crippen molar-refractivity contribution in [3.63, 3.8) is 0 Å². The molecule has 170 valence electrons. The average Bonchev–Trinajstić information content (AvgIpc) is 3.27. The van der Waals surface area contributed by atoms with Crippen LogP contribution in [0.5, 0.6) is 0 Å². The van der Waals surface area contributed by atoms with Crippen molar-refractivity contribution in [3.8, 4) is 0 Å². The second kappa shape index (κ2) is 13.0. The molecule has 1 aliphatic rings. The van der Waals surface area contributed by atoms with E-state index in [4.69, 9.17) is 0 Å². The summed E-state index contributed by atoms with van der Waals surface area (Å²) in [5.74, 6) is 0.888. The first-order valence-electron chi connectivity index (χ1n) is 10.6. The minimum absolute atomic E-state index is 0. The molecule has 0 unspecified atom stereocenters. The number of hydrogen-bond acceptors (Lipinski definition) is 4. The van der Waals surface area contributed by atoms with E-state index in [1.807, 2.05) is 25.2 Å². The highest BCUT2D eigenvalue weighted by molar-refractivity contribution is 14.0. The van der Waals surface area contributed by atoms with E-state index in [1.165, 1.54) is 5.56 Å². The topological polar surface area (TPSA) is 60.0 Å². The molecule has 8 heteroatoms. The molecule has 2 N–H and O–H groups in total. The van der Waals surface area contributed by atoms with Gasteiger partial charge in [0.25, 0.3) is 5.91 Å². The molecule has 0 saturated carbocycles. The van der Waals surface area contributed by atoms with Gasteiger partial charge in [-0.3, -0.25) is 14.7 Å². The number of amides is 1. The summed E-state index contributed by atoms with van der Waals surface area (Å²) < 4.78 is 0. The molecule has 1 aromatic heterocycles. The van der Waals surface area contributed by atoms with E-state index in [1.54, 1.807) is 30.3 Å². The van der Waals surface area contributed by atoms with Crippen LogP contribution in [0.1, 0.15) is 34.3 Å². The summed E-state index contributed by atoms with van der Waals surface area (Å²) in [6, 6.07) is 10.5. The van der Waals surface area contributed by atoms with Gasteiger partial charge in [-0.25, -0.2) is 0 Å². The molecular weight excluding hydrogens is 521 g/mol. The van der Waals surface area contributed by atoms with Gasteiger partial charge in [-0.1, -0.05) is 12.1 Å². The number of hydrogen-bond donors (Lipinski definition) is 2. The summed E-state index contributed by atoms with van der Waals surface area (Å²) in [6.45, 7) is 4.04. The zero-order valence-corrected chi connectivity index (χ0v) is 21.8. The normalized spacial score (nSPS) is 15.3. The van der Waals surface area contributed by atoms with Crippen LogP contribution >= 0.6 is 35.3 Å². The Hall–Kier alpha value is -1.65. The van der Waals surface area contributed by atoms with Gasteiger partial charge in [0, 0.05) is 58.9 Å². The standard InChI is InChI=1S/C23H33N5OS.HI/c1-24-23(25-11-7-18-5-4-6-20(15-18)22(29)27(2)3)26-21-8-12-28(13-9-21)16-19-10-14-30-17-19;/h4-6,10,14-15,17,21H,7-9,11-13,16H2,1-3H3,(H2,24,25,26);1H. The first-order chi connectivity index (χ1) is 14.5. The zero-order valence-electron chi connectivity index (χ0n) is 18.6. The summed E-state index contributed by atoms with van der Waals surface area (Å²) in [6.07, 6.45) is 3.09. The van der Waals surface area contributed by atoms with E-state index in [0.29, 0.717) is 6.04 Å². The van der Waals surface area contributed by atoms with Crippen LogP contribution in [0.25, 0.3) is 0 Å². The molecule has 2 heterocycles. The van der Waals surface area contributed by atoms with Crippen LogP contribution < -0.4 is 10.6 Å². The third-order valence-corrected chi connectivity index (χ3v) is 6.16. The van der Waals surface area contributed by atoms with Gasteiger partial charge < -0.3 is 15.5 Å². The molecular formula is C23H34IN5OS. The van der Waals surface area contributed by atoms with E-state index >= 15 is 0 Å². The number of nitrogens with one attached hydrogen (secondary N) is 2. The number of nitrogens with zero attached hydrogens (tertiary/aromatic N) is 3. The molecule has 1 saturated heterocycles. The Morgan fingerprint density at radius 3 is 2.65 bits per heavy atom. The molecule has 1 aromatic carbocycles. The lowest BCUT2D eigenvalue weighted by molar-refractivity contribution is 0.0827. The number of guanidine groups is 1. The highest BCUT2D eigenvalue weighted by atomic mass is 127. The number of aliphatic imine (C=N–C) groups is 1. The maximum atomic E-state index is 12.1. The molecule has 0 atom stereocenters. The van der Waals surface area contributed by atoms with Gasteiger partial charge in [0.05, 0.1) is 0 Å². The molecule has 0 bridgehead atoms. The Morgan fingerprint density at radius 1 is 1.23 bits per heavy atom. The zero-order chi connectivity index (χ0) is 21.3. The Labute approximate surface area is 207 Å². The van der Waals surface area contributed by atoms with Gasteiger partial charge in [0.1, 0.15) is 0 Å². The molecule has 2 aromatic rings. The SMILES string of the molecule is CN=C(NCCc1cccc(C(=O)N(C)C)c1)NC1CCN(Cc2ccsc2)CC1.I. The second-order valence-corrected chi connectivity index (χ2v) is 8.76. The minimum Gasteiger partial charge on any atom is -0.356 e. The van der Waals surface area contributed by atoms with Crippen molar-refractivity contribution < 1.29 is 4.79 Å². The van der Waals surface area contributed by atoms with Crippen LogP contribution in [0.15, 0.2) is 46.1 Å². The quantitative estimate of drug-likeness (QED) is 0.312. The number of piperidine rings is 1. The smallest absolute Gasteiger partial charge is 0.253 e. The lowest BCUT2D eigenvalue weighted by Gasteiger charge is -2.33. The van der Waals surface area contributed by atoms with Crippen LogP contribution in [0.2, 0.25) is 0 Å². The van der Waals surface area contributed by atoms with Gasteiger partial charge >= 0.3 is 0 Å². The van der Waals surface area contributed by atoms with Crippen LogP contribution in [0.4, 0.5) is 0 Å². The Bertz CT molecular complexity index is 832. The van der Waals surface area contributed by atoms with Gasteiger partial charge in [-0.15, -0.1) is 24.0 Å². The van der Waals surface area contributed by atoms with E-state index in [0.717, 1.165) is 62.5 Å². The Balaban J connectivity index is 0.00000341. The molecule has 0 aliphatic carbocycles. The fraction of sp³-hybridized carbons (Fsp3) is 0.478. The maximum absolute atomic E-state index is 12.1. The third-order valence-electron chi connectivity index (χ3n) is 5.42. The molecule has 3 rings (SSSR count).